The molecule has 1 aromatic carbocycles. The summed E-state index contributed by atoms with van der Waals surface area (Å²) in [6.07, 6.45) is 1.73. The van der Waals surface area contributed by atoms with E-state index in [1.807, 2.05) is 0 Å². The number of non-ortho nitro benzene ring substituents is 1. The van der Waals surface area contributed by atoms with E-state index in [9.17, 15) is 19.7 Å². The number of carbonyl (C=O) groups excluding carboxylic acids is 2. The molecule has 0 unspecified atom stereocenters. The number of rotatable bonds is 6. The van der Waals surface area contributed by atoms with E-state index in [-0.39, 0.29) is 22.2 Å². The number of nitriles is 1. The van der Waals surface area contributed by atoms with Crippen molar-refractivity contribution >= 4 is 29.2 Å². The molecule has 24 heavy (non-hydrogen) atoms. The zero-order chi connectivity index (χ0) is 17.9. The van der Waals surface area contributed by atoms with Crippen LogP contribution in [-0.2, 0) is 9.53 Å². The Morgan fingerprint density at radius 1 is 1.54 bits per heavy atom. The van der Waals surface area contributed by atoms with Crippen molar-refractivity contribution in [3.63, 3.8) is 0 Å². The van der Waals surface area contributed by atoms with Crippen LogP contribution in [0.3, 0.4) is 0 Å². The van der Waals surface area contributed by atoms with Crippen molar-refractivity contribution in [2.45, 2.75) is 25.3 Å². The highest BCUT2D eigenvalue weighted by atomic mass is 35.5. The average Bonchev–Trinajstić information content (AvgIpc) is 3.37. The number of hydrogen-bond acceptors (Lipinski definition) is 6. The van der Waals surface area contributed by atoms with Crippen molar-refractivity contribution in [1.29, 1.82) is 5.26 Å². The molecule has 0 aromatic heterocycles. The van der Waals surface area contributed by atoms with E-state index in [2.05, 4.69) is 11.4 Å². The topological polar surface area (TPSA) is 122 Å². The molecule has 0 aliphatic heterocycles. The molecule has 1 aliphatic carbocycles. The lowest BCUT2D eigenvalue weighted by Gasteiger charge is -2.22. The van der Waals surface area contributed by atoms with E-state index in [1.54, 1.807) is 6.92 Å². The fraction of sp³-hybridized carbons (Fsp3) is 0.400. The minimum atomic E-state index is -0.978. The largest absolute Gasteiger partial charge is 0.452 e. The maximum Gasteiger partial charge on any atom is 0.340 e. The predicted octanol–water partition coefficient (Wildman–Crippen LogP) is 2.21. The number of benzene rings is 1. The number of hydrogen-bond donors (Lipinski definition) is 1. The molecule has 0 saturated heterocycles. The third-order valence-electron chi connectivity index (χ3n) is 3.74. The summed E-state index contributed by atoms with van der Waals surface area (Å²) in [7, 11) is 0. The van der Waals surface area contributed by atoms with Crippen LogP contribution in [-0.4, -0.2) is 28.9 Å². The van der Waals surface area contributed by atoms with Crippen LogP contribution in [0.1, 0.15) is 30.1 Å². The molecule has 1 atom stereocenters. The van der Waals surface area contributed by atoms with E-state index in [0.717, 1.165) is 31.0 Å². The predicted molar refractivity (Wildman–Crippen MR) is 83.3 cm³/mol. The number of halogens is 1. The number of amides is 1. The third-order valence-corrected chi connectivity index (χ3v) is 4.06. The number of esters is 1. The van der Waals surface area contributed by atoms with Gasteiger partial charge in [-0.3, -0.25) is 14.9 Å². The molecule has 0 radical (unpaired) electrons. The van der Waals surface area contributed by atoms with Gasteiger partial charge in [0.25, 0.3) is 11.6 Å². The zero-order valence-electron chi connectivity index (χ0n) is 12.7. The van der Waals surface area contributed by atoms with Gasteiger partial charge in [0.2, 0.25) is 0 Å². The molecular weight excluding hydrogens is 338 g/mol. The third kappa shape index (κ3) is 4.00. The standard InChI is InChI=1S/C15H14ClN3O5/c1-15(8-17,9-2-3-9)18-13(20)7-24-14(21)11-5-4-10(19(22)23)6-12(11)16/h4-6,9H,2-3,7H2,1H3,(H,18,20)/t15-/m1/s1. The van der Waals surface area contributed by atoms with Crippen molar-refractivity contribution in [2.75, 3.05) is 6.61 Å². The van der Waals surface area contributed by atoms with Crippen molar-refractivity contribution in [1.82, 2.24) is 5.32 Å². The minimum absolute atomic E-state index is 0.0831. The first-order valence-electron chi connectivity index (χ1n) is 7.10. The highest BCUT2D eigenvalue weighted by Crippen LogP contribution is 2.39. The van der Waals surface area contributed by atoms with Crippen molar-refractivity contribution in [3.05, 3.63) is 38.9 Å². The second kappa shape index (κ2) is 6.84. The molecule has 1 aliphatic rings. The minimum Gasteiger partial charge on any atom is -0.452 e. The van der Waals surface area contributed by atoms with E-state index in [4.69, 9.17) is 21.6 Å². The molecular formula is C15H14ClN3O5. The van der Waals surface area contributed by atoms with Gasteiger partial charge in [0.05, 0.1) is 21.6 Å². The van der Waals surface area contributed by atoms with Crippen LogP contribution in [0.25, 0.3) is 0 Å². The molecule has 0 spiro atoms. The molecule has 126 valence electrons. The van der Waals surface area contributed by atoms with E-state index in [1.165, 1.54) is 0 Å². The number of nitro groups is 1. The molecule has 0 bridgehead atoms. The maximum absolute atomic E-state index is 11.9. The van der Waals surface area contributed by atoms with Crippen LogP contribution >= 0.6 is 11.6 Å². The first-order chi connectivity index (χ1) is 11.3. The lowest BCUT2D eigenvalue weighted by Crippen LogP contribution is -2.48. The first-order valence-corrected chi connectivity index (χ1v) is 7.48. The van der Waals surface area contributed by atoms with E-state index >= 15 is 0 Å². The number of ether oxygens (including phenoxy) is 1. The summed E-state index contributed by atoms with van der Waals surface area (Å²) in [6, 6.07) is 5.36. The number of nitrogens with one attached hydrogen (secondary N) is 1. The summed E-state index contributed by atoms with van der Waals surface area (Å²) in [4.78, 5) is 33.7. The first kappa shape index (κ1) is 17.7. The Bertz CT molecular complexity index is 741. The quantitative estimate of drug-likeness (QED) is 0.476. The van der Waals surface area contributed by atoms with E-state index < -0.39 is 28.9 Å². The highest BCUT2D eigenvalue weighted by molar-refractivity contribution is 6.33. The summed E-state index contributed by atoms with van der Waals surface area (Å²) in [5.41, 5.74) is -1.32. The molecule has 2 rings (SSSR count). The normalized spacial score (nSPS) is 15.7. The van der Waals surface area contributed by atoms with Gasteiger partial charge in [0.15, 0.2) is 6.61 Å². The molecule has 1 fully saturated rings. The summed E-state index contributed by atoms with van der Waals surface area (Å²) >= 11 is 5.81. The van der Waals surface area contributed by atoms with Gasteiger partial charge >= 0.3 is 5.97 Å². The second-order valence-corrected chi connectivity index (χ2v) is 6.04. The lowest BCUT2D eigenvalue weighted by molar-refractivity contribution is -0.384. The van der Waals surface area contributed by atoms with Gasteiger partial charge in [-0.1, -0.05) is 11.6 Å². The van der Waals surface area contributed by atoms with Crippen molar-refractivity contribution < 1.29 is 19.2 Å². The smallest absolute Gasteiger partial charge is 0.340 e. The van der Waals surface area contributed by atoms with Crippen LogP contribution < -0.4 is 5.32 Å². The van der Waals surface area contributed by atoms with Gasteiger partial charge in [-0.2, -0.15) is 5.26 Å². The Balaban J connectivity index is 1.94. The second-order valence-electron chi connectivity index (χ2n) is 5.63. The SMILES string of the molecule is C[C@](C#N)(NC(=O)COC(=O)c1ccc([N+](=O)[O-])cc1Cl)C1CC1. The fourth-order valence-electron chi connectivity index (χ4n) is 2.20. The van der Waals surface area contributed by atoms with E-state index in [0.29, 0.717) is 0 Å². The number of nitrogens with zero attached hydrogens (tertiary/aromatic N) is 2. The van der Waals surface area contributed by atoms with Gasteiger partial charge in [0, 0.05) is 12.1 Å². The van der Waals surface area contributed by atoms with Crippen molar-refractivity contribution in [2.24, 2.45) is 5.92 Å². The Labute approximate surface area is 142 Å². The highest BCUT2D eigenvalue weighted by Gasteiger charge is 2.43. The van der Waals surface area contributed by atoms with Crippen LogP contribution in [0.15, 0.2) is 18.2 Å². The summed E-state index contributed by atoms with van der Waals surface area (Å²) in [5.74, 6) is -1.38. The monoisotopic (exact) mass is 351 g/mol. The Morgan fingerprint density at radius 2 is 2.21 bits per heavy atom. The van der Waals surface area contributed by atoms with Gasteiger partial charge in [0.1, 0.15) is 5.54 Å². The Hall–Kier alpha value is -2.66. The van der Waals surface area contributed by atoms with Crippen LogP contribution in [0.2, 0.25) is 5.02 Å². The van der Waals surface area contributed by atoms with Gasteiger partial charge in [-0.25, -0.2) is 4.79 Å². The summed E-state index contributed by atoms with van der Waals surface area (Å²) < 4.78 is 4.85. The van der Waals surface area contributed by atoms with Crippen LogP contribution in [0, 0.1) is 27.4 Å². The summed E-state index contributed by atoms with van der Waals surface area (Å²) in [6.45, 7) is 1.05. The Kier molecular flexibility index (Phi) is 5.04. The summed E-state index contributed by atoms with van der Waals surface area (Å²) in [5, 5.41) is 22.2. The van der Waals surface area contributed by atoms with Gasteiger partial charge in [-0.15, -0.1) is 0 Å². The maximum atomic E-state index is 11.9. The lowest BCUT2D eigenvalue weighted by atomic mass is 9.98. The molecule has 0 heterocycles. The van der Waals surface area contributed by atoms with Gasteiger partial charge in [-0.05, 0) is 31.7 Å². The average molecular weight is 352 g/mol. The molecule has 1 N–H and O–H groups in total. The number of nitro benzene ring substituents is 1. The Morgan fingerprint density at radius 3 is 2.71 bits per heavy atom. The molecule has 1 saturated carbocycles. The molecule has 1 aromatic rings. The van der Waals surface area contributed by atoms with Crippen molar-refractivity contribution in [3.8, 4) is 6.07 Å². The zero-order valence-corrected chi connectivity index (χ0v) is 13.5. The molecule has 1 amide bonds. The number of carbonyl (C=O) groups is 2. The van der Waals surface area contributed by atoms with Crippen LogP contribution in [0.5, 0.6) is 0 Å². The van der Waals surface area contributed by atoms with Crippen LogP contribution in [0.4, 0.5) is 5.69 Å². The molecule has 9 heteroatoms. The fourth-order valence-corrected chi connectivity index (χ4v) is 2.45. The van der Waals surface area contributed by atoms with Gasteiger partial charge < -0.3 is 10.1 Å². The molecule has 8 nitrogen and oxygen atoms in total.